The van der Waals surface area contributed by atoms with Crippen LogP contribution in [0.1, 0.15) is 22.5 Å². The van der Waals surface area contributed by atoms with Crippen LogP contribution in [0, 0.1) is 0 Å². The summed E-state index contributed by atoms with van der Waals surface area (Å²) >= 11 is 0. The molecule has 0 aliphatic rings. The van der Waals surface area contributed by atoms with Crippen LogP contribution in [0.25, 0.3) is 0 Å². The molecule has 0 aliphatic carbocycles. The van der Waals surface area contributed by atoms with Crippen molar-refractivity contribution in [2.75, 3.05) is 13.1 Å². The van der Waals surface area contributed by atoms with Gasteiger partial charge in [-0.1, -0.05) is 30.3 Å². The maximum absolute atomic E-state index is 11.7. The average Bonchev–Trinajstić information content (AvgIpc) is 2.93. The van der Waals surface area contributed by atoms with Crippen molar-refractivity contribution < 1.29 is 4.79 Å². The molecule has 0 saturated carbocycles. The second-order valence-electron chi connectivity index (χ2n) is 4.24. The van der Waals surface area contributed by atoms with Crippen molar-refractivity contribution in [2.24, 2.45) is 0 Å². The minimum absolute atomic E-state index is 0.159. The zero-order valence-electron chi connectivity index (χ0n) is 10.4. The largest absolute Gasteiger partial charge is 0.359 e. The van der Waals surface area contributed by atoms with E-state index >= 15 is 0 Å². The molecular formula is C15H18N2O. The molecule has 2 rings (SSSR count). The molecule has 0 fully saturated rings. The molecule has 1 aromatic carbocycles. The van der Waals surface area contributed by atoms with Crippen LogP contribution in [-0.2, 0) is 6.42 Å². The van der Waals surface area contributed by atoms with Gasteiger partial charge in [0.25, 0.3) is 0 Å². The molecule has 0 saturated heterocycles. The fourth-order valence-corrected chi connectivity index (χ4v) is 1.84. The van der Waals surface area contributed by atoms with Gasteiger partial charge in [-0.25, -0.2) is 0 Å². The van der Waals surface area contributed by atoms with E-state index in [0.717, 1.165) is 19.5 Å². The van der Waals surface area contributed by atoms with Crippen LogP contribution in [0.3, 0.4) is 0 Å². The molecular weight excluding hydrogens is 224 g/mol. The molecule has 2 aromatic rings. The van der Waals surface area contributed by atoms with Crippen LogP contribution < -0.4 is 5.32 Å². The SMILES string of the molecule is O=C(CCNCCc1ccccc1)c1ccc[nH]1. The Bertz CT molecular complexity index is 463. The summed E-state index contributed by atoms with van der Waals surface area (Å²) in [5, 5.41) is 3.29. The molecule has 94 valence electrons. The number of ketones is 1. The van der Waals surface area contributed by atoms with E-state index in [1.807, 2.05) is 30.3 Å². The summed E-state index contributed by atoms with van der Waals surface area (Å²) in [5.41, 5.74) is 2.01. The lowest BCUT2D eigenvalue weighted by atomic mass is 10.1. The smallest absolute Gasteiger partial charge is 0.180 e. The van der Waals surface area contributed by atoms with Crippen LogP contribution in [0.15, 0.2) is 48.7 Å². The van der Waals surface area contributed by atoms with Gasteiger partial charge in [0, 0.05) is 19.2 Å². The fraction of sp³-hybridized carbons (Fsp3) is 0.267. The number of carbonyl (C=O) groups excluding carboxylic acids is 1. The van der Waals surface area contributed by atoms with Crippen molar-refractivity contribution >= 4 is 5.78 Å². The molecule has 1 heterocycles. The van der Waals surface area contributed by atoms with E-state index in [1.165, 1.54) is 5.56 Å². The lowest BCUT2D eigenvalue weighted by Crippen LogP contribution is -2.21. The first kappa shape index (κ1) is 12.6. The summed E-state index contributed by atoms with van der Waals surface area (Å²) in [6.07, 6.45) is 3.31. The first-order chi connectivity index (χ1) is 8.86. The Morgan fingerprint density at radius 2 is 1.89 bits per heavy atom. The fourth-order valence-electron chi connectivity index (χ4n) is 1.84. The third kappa shape index (κ3) is 3.86. The summed E-state index contributed by atoms with van der Waals surface area (Å²) in [5.74, 6) is 0.159. The number of hydrogen-bond acceptors (Lipinski definition) is 2. The van der Waals surface area contributed by atoms with Gasteiger partial charge in [0.1, 0.15) is 0 Å². The molecule has 0 spiro atoms. The zero-order valence-corrected chi connectivity index (χ0v) is 10.4. The maximum Gasteiger partial charge on any atom is 0.180 e. The summed E-state index contributed by atoms with van der Waals surface area (Å²) in [4.78, 5) is 14.6. The molecule has 0 unspecified atom stereocenters. The van der Waals surface area contributed by atoms with Gasteiger partial charge in [-0.15, -0.1) is 0 Å². The first-order valence-corrected chi connectivity index (χ1v) is 6.27. The van der Waals surface area contributed by atoms with Crippen LogP contribution in [0.4, 0.5) is 0 Å². The average molecular weight is 242 g/mol. The normalized spacial score (nSPS) is 10.4. The van der Waals surface area contributed by atoms with Gasteiger partial charge < -0.3 is 10.3 Å². The van der Waals surface area contributed by atoms with Crippen molar-refractivity contribution in [3.63, 3.8) is 0 Å². The topological polar surface area (TPSA) is 44.9 Å². The van der Waals surface area contributed by atoms with E-state index in [-0.39, 0.29) is 5.78 Å². The molecule has 2 N–H and O–H groups in total. The highest BCUT2D eigenvalue weighted by Crippen LogP contribution is 2.00. The highest BCUT2D eigenvalue weighted by molar-refractivity contribution is 5.94. The Morgan fingerprint density at radius 3 is 2.61 bits per heavy atom. The summed E-state index contributed by atoms with van der Waals surface area (Å²) in [7, 11) is 0. The highest BCUT2D eigenvalue weighted by atomic mass is 16.1. The maximum atomic E-state index is 11.7. The lowest BCUT2D eigenvalue weighted by molar-refractivity contribution is 0.0978. The van der Waals surface area contributed by atoms with E-state index in [4.69, 9.17) is 0 Å². The van der Waals surface area contributed by atoms with Gasteiger partial charge in [0.05, 0.1) is 5.69 Å². The number of rotatable bonds is 7. The number of nitrogens with one attached hydrogen (secondary N) is 2. The number of aromatic amines is 1. The van der Waals surface area contributed by atoms with Gasteiger partial charge in [-0.3, -0.25) is 4.79 Å². The third-order valence-electron chi connectivity index (χ3n) is 2.86. The summed E-state index contributed by atoms with van der Waals surface area (Å²) < 4.78 is 0. The second kappa shape index (κ2) is 6.77. The van der Waals surface area contributed by atoms with Gasteiger partial charge >= 0.3 is 0 Å². The van der Waals surface area contributed by atoms with Crippen molar-refractivity contribution in [1.82, 2.24) is 10.3 Å². The van der Waals surface area contributed by atoms with Crippen molar-refractivity contribution in [1.29, 1.82) is 0 Å². The minimum Gasteiger partial charge on any atom is -0.359 e. The van der Waals surface area contributed by atoms with E-state index in [9.17, 15) is 4.79 Å². The standard InChI is InChI=1S/C15H18N2O/c18-15(14-7-4-10-17-14)9-12-16-11-8-13-5-2-1-3-6-13/h1-7,10,16-17H,8-9,11-12H2. The number of aromatic nitrogens is 1. The number of H-pyrrole nitrogens is 1. The number of carbonyl (C=O) groups is 1. The predicted molar refractivity (Wildman–Crippen MR) is 72.8 cm³/mol. The Labute approximate surface area is 107 Å². The Morgan fingerprint density at radius 1 is 1.06 bits per heavy atom. The Kier molecular flexibility index (Phi) is 4.73. The lowest BCUT2D eigenvalue weighted by Gasteiger charge is -2.04. The van der Waals surface area contributed by atoms with E-state index in [1.54, 1.807) is 6.20 Å². The van der Waals surface area contributed by atoms with Gasteiger partial charge in [-0.05, 0) is 30.7 Å². The zero-order chi connectivity index (χ0) is 12.6. The predicted octanol–water partition coefficient (Wildman–Crippen LogP) is 2.42. The molecule has 3 heteroatoms. The minimum atomic E-state index is 0.159. The number of benzene rings is 1. The van der Waals surface area contributed by atoms with E-state index in [0.29, 0.717) is 12.1 Å². The Balaban J connectivity index is 1.61. The van der Waals surface area contributed by atoms with Crippen LogP contribution in [-0.4, -0.2) is 23.9 Å². The van der Waals surface area contributed by atoms with Crippen molar-refractivity contribution in [3.05, 3.63) is 59.9 Å². The van der Waals surface area contributed by atoms with Crippen LogP contribution in [0.2, 0.25) is 0 Å². The Hall–Kier alpha value is -1.87. The summed E-state index contributed by atoms with van der Waals surface area (Å²) in [6.45, 7) is 1.63. The summed E-state index contributed by atoms with van der Waals surface area (Å²) in [6, 6.07) is 14.0. The number of Topliss-reactive ketones (excluding diaryl/α,β-unsaturated/α-hetero) is 1. The van der Waals surface area contributed by atoms with Crippen molar-refractivity contribution in [2.45, 2.75) is 12.8 Å². The molecule has 1 aromatic heterocycles. The van der Waals surface area contributed by atoms with E-state index in [2.05, 4.69) is 22.4 Å². The molecule has 0 bridgehead atoms. The van der Waals surface area contributed by atoms with E-state index < -0.39 is 0 Å². The third-order valence-corrected chi connectivity index (χ3v) is 2.86. The highest BCUT2D eigenvalue weighted by Gasteiger charge is 2.04. The van der Waals surface area contributed by atoms with Crippen LogP contribution in [0.5, 0.6) is 0 Å². The van der Waals surface area contributed by atoms with Gasteiger partial charge in [0.2, 0.25) is 0 Å². The molecule has 0 amide bonds. The van der Waals surface area contributed by atoms with Gasteiger partial charge in [0.15, 0.2) is 5.78 Å². The second-order valence-corrected chi connectivity index (χ2v) is 4.24. The quantitative estimate of drug-likeness (QED) is 0.578. The van der Waals surface area contributed by atoms with Crippen molar-refractivity contribution in [3.8, 4) is 0 Å². The monoisotopic (exact) mass is 242 g/mol. The molecule has 0 radical (unpaired) electrons. The molecule has 0 atom stereocenters. The molecule has 3 nitrogen and oxygen atoms in total. The molecule has 18 heavy (non-hydrogen) atoms. The van der Waals surface area contributed by atoms with Crippen LogP contribution >= 0.6 is 0 Å². The first-order valence-electron chi connectivity index (χ1n) is 6.27. The van der Waals surface area contributed by atoms with Gasteiger partial charge in [-0.2, -0.15) is 0 Å². The molecule has 0 aliphatic heterocycles. The number of hydrogen-bond donors (Lipinski definition) is 2.